The average Bonchev–Trinajstić information content (AvgIpc) is 2.37. The van der Waals surface area contributed by atoms with E-state index in [1.165, 1.54) is 6.07 Å². The number of ether oxygens (including phenoxy) is 1. The molecule has 3 rings (SSSR count). The zero-order chi connectivity index (χ0) is 12.8. The van der Waals surface area contributed by atoms with E-state index in [2.05, 4.69) is 0 Å². The topological polar surface area (TPSA) is 66.4 Å². The molecule has 0 amide bonds. The second-order valence-corrected chi connectivity index (χ2v) is 5.35. The molecule has 0 atom stereocenters. The summed E-state index contributed by atoms with van der Waals surface area (Å²) in [7, 11) is -4.50. The van der Waals surface area contributed by atoms with Crippen molar-refractivity contribution in [2.45, 2.75) is 4.90 Å². The monoisotopic (exact) mass is 284 g/mol. The number of hydrogen-bond acceptors (Lipinski definition) is 4. The van der Waals surface area contributed by atoms with Crippen molar-refractivity contribution in [3.8, 4) is 5.75 Å². The van der Waals surface area contributed by atoms with Crippen molar-refractivity contribution in [2.75, 3.05) is 6.61 Å². The fraction of sp³-hybridized carbons (Fsp3) is 0.0769. The van der Waals surface area contributed by atoms with Gasteiger partial charge in [-0.25, -0.2) is 8.42 Å². The van der Waals surface area contributed by atoms with Crippen molar-refractivity contribution in [2.24, 2.45) is 0 Å². The van der Waals surface area contributed by atoms with Gasteiger partial charge in [-0.3, -0.25) is 0 Å². The Morgan fingerprint density at radius 2 is 1.84 bits per heavy atom. The van der Waals surface area contributed by atoms with E-state index in [1.807, 2.05) is 0 Å². The third kappa shape index (κ3) is 2.57. The molecule has 6 heteroatoms. The Balaban J connectivity index is 0.00000133. The second kappa shape index (κ2) is 5.26. The molecule has 0 spiro atoms. The van der Waals surface area contributed by atoms with Crippen LogP contribution in [-0.4, -0.2) is 19.6 Å². The maximum absolute atomic E-state index is 11.3. The van der Waals surface area contributed by atoms with E-state index < -0.39 is 10.1 Å². The van der Waals surface area contributed by atoms with Crippen LogP contribution in [-0.2, 0) is 10.1 Å². The summed E-state index contributed by atoms with van der Waals surface area (Å²) in [5.74, 6) is 0.625. The third-order valence-corrected chi connectivity index (χ3v) is 3.75. The van der Waals surface area contributed by atoms with Crippen LogP contribution in [0.1, 0.15) is 5.56 Å². The Kier molecular flexibility index (Phi) is 4.03. The van der Waals surface area contributed by atoms with Crippen molar-refractivity contribution in [1.29, 1.82) is 0 Å². The van der Waals surface area contributed by atoms with E-state index in [0.29, 0.717) is 28.7 Å². The minimum Gasteiger partial charge on any atom is -0.744 e. The number of hydrogen-bond donors (Lipinski definition) is 0. The van der Waals surface area contributed by atoms with Gasteiger partial charge in [0.1, 0.15) is 22.5 Å². The summed E-state index contributed by atoms with van der Waals surface area (Å²) >= 11 is 0. The summed E-state index contributed by atoms with van der Waals surface area (Å²) in [6.45, 7) is 0.445. The summed E-state index contributed by atoms with van der Waals surface area (Å²) in [5, 5.41) is 1.05. The molecule has 0 unspecified atom stereocenters. The predicted molar refractivity (Wildman–Crippen MR) is 66.4 cm³/mol. The Morgan fingerprint density at radius 1 is 1.16 bits per heavy atom. The summed E-state index contributed by atoms with van der Waals surface area (Å²) in [6, 6.07) is 8.22. The number of rotatable bonds is 1. The Hall–Kier alpha value is -0.850. The number of fused-ring (bicyclic) bond motifs is 3. The van der Waals surface area contributed by atoms with Crippen molar-refractivity contribution in [3.05, 3.63) is 42.0 Å². The first-order valence-corrected chi connectivity index (χ1v) is 6.79. The first-order valence-electron chi connectivity index (χ1n) is 5.38. The van der Waals surface area contributed by atoms with Gasteiger partial charge in [0.25, 0.3) is 0 Å². The SMILES string of the molecule is O=S(=O)([O-])c1cc2c(c3ccccc13)OCC=C2.[Na+]. The van der Waals surface area contributed by atoms with E-state index in [9.17, 15) is 13.0 Å². The van der Waals surface area contributed by atoms with E-state index in [0.717, 1.165) is 0 Å². The van der Waals surface area contributed by atoms with Crippen LogP contribution >= 0.6 is 0 Å². The Bertz CT molecular complexity index is 766. The van der Waals surface area contributed by atoms with Crippen LogP contribution in [0.4, 0.5) is 0 Å². The number of benzene rings is 2. The molecular formula is C13H9NaO4S. The standard InChI is InChI=1S/C13H10O4S.Na/c14-18(15,16)12-8-9-4-3-7-17-13(9)11-6-2-1-5-10(11)12;/h1-6,8H,7H2,(H,14,15,16);/q;+1/p-1. The minimum absolute atomic E-state index is 0. The van der Waals surface area contributed by atoms with Crippen molar-refractivity contribution in [3.63, 3.8) is 0 Å². The molecule has 1 aliphatic heterocycles. The van der Waals surface area contributed by atoms with E-state index in [-0.39, 0.29) is 34.5 Å². The van der Waals surface area contributed by atoms with Crippen LogP contribution in [0.15, 0.2) is 41.3 Å². The molecule has 4 nitrogen and oxygen atoms in total. The first kappa shape index (κ1) is 14.6. The first-order chi connectivity index (χ1) is 8.57. The maximum Gasteiger partial charge on any atom is 1.00 e. The molecule has 19 heavy (non-hydrogen) atoms. The van der Waals surface area contributed by atoms with Gasteiger partial charge < -0.3 is 9.29 Å². The van der Waals surface area contributed by atoms with Crippen molar-refractivity contribution >= 4 is 27.0 Å². The van der Waals surface area contributed by atoms with Crippen LogP contribution in [0.2, 0.25) is 0 Å². The fourth-order valence-corrected chi connectivity index (χ4v) is 2.85. The fourth-order valence-electron chi connectivity index (χ4n) is 2.13. The van der Waals surface area contributed by atoms with Gasteiger partial charge in [0.05, 0.1) is 4.90 Å². The summed E-state index contributed by atoms with van der Waals surface area (Å²) in [5.41, 5.74) is 0.620. The van der Waals surface area contributed by atoms with Gasteiger partial charge in [0.15, 0.2) is 0 Å². The molecule has 2 aromatic rings. The zero-order valence-electron chi connectivity index (χ0n) is 10.3. The molecule has 1 aliphatic rings. The molecule has 0 aromatic heterocycles. The van der Waals surface area contributed by atoms with E-state index in [4.69, 9.17) is 4.74 Å². The molecule has 92 valence electrons. The van der Waals surface area contributed by atoms with E-state index in [1.54, 1.807) is 36.4 Å². The zero-order valence-corrected chi connectivity index (χ0v) is 13.1. The Morgan fingerprint density at radius 3 is 2.53 bits per heavy atom. The van der Waals surface area contributed by atoms with Gasteiger partial charge in [0, 0.05) is 16.3 Å². The largest absolute Gasteiger partial charge is 1.00 e. The predicted octanol–water partition coefficient (Wildman–Crippen LogP) is -0.846. The molecule has 0 saturated carbocycles. The van der Waals surface area contributed by atoms with E-state index >= 15 is 0 Å². The van der Waals surface area contributed by atoms with Crippen LogP contribution in [0.5, 0.6) is 5.75 Å². The average molecular weight is 284 g/mol. The normalized spacial score (nSPS) is 13.5. The molecule has 0 radical (unpaired) electrons. The molecule has 0 N–H and O–H groups in total. The van der Waals surface area contributed by atoms with Gasteiger partial charge in [0.2, 0.25) is 0 Å². The van der Waals surface area contributed by atoms with Gasteiger partial charge in [-0.1, -0.05) is 30.3 Å². The van der Waals surface area contributed by atoms with Crippen LogP contribution in [0.3, 0.4) is 0 Å². The van der Waals surface area contributed by atoms with Crippen LogP contribution in [0.25, 0.3) is 16.8 Å². The van der Waals surface area contributed by atoms with Crippen LogP contribution < -0.4 is 34.3 Å². The molecule has 0 saturated heterocycles. The third-order valence-electron chi connectivity index (χ3n) is 2.88. The molecule has 0 aliphatic carbocycles. The summed E-state index contributed by atoms with van der Waals surface area (Å²) in [4.78, 5) is -0.202. The van der Waals surface area contributed by atoms with Gasteiger partial charge >= 0.3 is 29.6 Å². The van der Waals surface area contributed by atoms with Gasteiger partial charge in [-0.15, -0.1) is 0 Å². The van der Waals surface area contributed by atoms with Crippen molar-refractivity contribution < 1.29 is 47.3 Å². The summed E-state index contributed by atoms with van der Waals surface area (Å²) < 4.78 is 39.5. The van der Waals surface area contributed by atoms with Gasteiger partial charge in [-0.05, 0) is 12.1 Å². The minimum atomic E-state index is -4.50. The molecule has 0 fully saturated rings. The summed E-state index contributed by atoms with van der Waals surface area (Å²) in [6.07, 6.45) is 3.54. The molecule has 0 bridgehead atoms. The quantitative estimate of drug-likeness (QED) is 0.505. The van der Waals surface area contributed by atoms with Crippen LogP contribution in [0, 0.1) is 0 Å². The van der Waals surface area contributed by atoms with Gasteiger partial charge in [-0.2, -0.15) is 0 Å². The Labute approximate surface area is 133 Å². The molecule has 1 heterocycles. The molecule has 2 aromatic carbocycles. The van der Waals surface area contributed by atoms with Crippen molar-refractivity contribution in [1.82, 2.24) is 0 Å². The maximum atomic E-state index is 11.3. The molecular weight excluding hydrogens is 275 g/mol. The smallest absolute Gasteiger partial charge is 0.744 e. The second-order valence-electron chi connectivity index (χ2n) is 4.01.